The van der Waals surface area contributed by atoms with E-state index in [0.717, 1.165) is 11.1 Å². The predicted molar refractivity (Wildman–Crippen MR) is 154 cm³/mol. The van der Waals surface area contributed by atoms with Gasteiger partial charge in [-0.3, -0.25) is 9.36 Å². The number of rotatable bonds is 7. The van der Waals surface area contributed by atoms with Crippen molar-refractivity contribution in [2.75, 3.05) is 6.61 Å². The third kappa shape index (κ3) is 5.57. The summed E-state index contributed by atoms with van der Waals surface area (Å²) in [5.74, 6) is 0.160. The third-order valence-corrected chi connectivity index (χ3v) is 7.94. The Bertz CT molecular complexity index is 1760. The number of thiazole rings is 1. The number of halogens is 2. The second kappa shape index (κ2) is 11.6. The van der Waals surface area contributed by atoms with Crippen molar-refractivity contribution in [3.8, 4) is 5.75 Å². The molecule has 2 heterocycles. The topological polar surface area (TPSA) is 69.9 Å². The smallest absolute Gasteiger partial charge is 0.338 e. The van der Waals surface area contributed by atoms with E-state index in [2.05, 4.69) is 4.99 Å². The minimum Gasteiger partial charge on any atom is -0.489 e. The van der Waals surface area contributed by atoms with Crippen LogP contribution in [0.15, 0.2) is 93.9 Å². The monoisotopic (exact) mass is 578 g/mol. The summed E-state index contributed by atoms with van der Waals surface area (Å²) in [6.45, 7) is 4.03. The van der Waals surface area contributed by atoms with Gasteiger partial charge in [0.1, 0.15) is 18.4 Å². The number of fused-ring (bicyclic) bond motifs is 1. The molecule has 5 rings (SSSR count). The van der Waals surface area contributed by atoms with Crippen LogP contribution in [0.1, 0.15) is 36.6 Å². The third-order valence-electron chi connectivity index (χ3n) is 6.25. The molecule has 0 aliphatic carbocycles. The van der Waals surface area contributed by atoms with E-state index >= 15 is 0 Å². The minimum atomic E-state index is -0.753. The van der Waals surface area contributed by atoms with Gasteiger partial charge in [-0.15, -0.1) is 0 Å². The van der Waals surface area contributed by atoms with Gasteiger partial charge in [-0.2, -0.15) is 0 Å². The van der Waals surface area contributed by atoms with E-state index in [1.807, 2.05) is 60.7 Å². The second-order valence-electron chi connectivity index (χ2n) is 8.77. The van der Waals surface area contributed by atoms with Crippen LogP contribution in [-0.2, 0) is 16.1 Å². The van der Waals surface area contributed by atoms with Gasteiger partial charge in [-0.25, -0.2) is 9.79 Å². The second-order valence-corrected chi connectivity index (χ2v) is 10.6. The highest BCUT2D eigenvalue weighted by atomic mass is 35.5. The summed E-state index contributed by atoms with van der Waals surface area (Å²) in [5, 5.41) is 1.10. The number of ether oxygens (including phenoxy) is 2. The Morgan fingerprint density at radius 1 is 1.03 bits per heavy atom. The number of aromatic nitrogens is 1. The van der Waals surface area contributed by atoms with Crippen molar-refractivity contribution in [1.82, 2.24) is 4.57 Å². The minimum absolute atomic E-state index is 0.202. The first-order valence-corrected chi connectivity index (χ1v) is 13.8. The molecule has 0 N–H and O–H groups in total. The van der Waals surface area contributed by atoms with E-state index in [-0.39, 0.29) is 12.2 Å². The van der Waals surface area contributed by atoms with Crippen LogP contribution in [0.25, 0.3) is 6.08 Å². The van der Waals surface area contributed by atoms with Crippen LogP contribution >= 0.6 is 34.5 Å². The molecule has 4 aromatic rings. The molecule has 1 aliphatic rings. The van der Waals surface area contributed by atoms with Crippen LogP contribution in [0.4, 0.5) is 0 Å². The molecule has 1 atom stereocenters. The molecule has 0 bridgehead atoms. The van der Waals surface area contributed by atoms with Crippen LogP contribution < -0.4 is 19.6 Å². The number of nitrogens with zero attached hydrogens (tertiary/aromatic N) is 2. The Balaban J connectivity index is 1.51. The van der Waals surface area contributed by atoms with Gasteiger partial charge in [0.15, 0.2) is 4.80 Å². The molecule has 0 amide bonds. The molecule has 0 radical (unpaired) electrons. The maximum Gasteiger partial charge on any atom is 0.338 e. The summed E-state index contributed by atoms with van der Waals surface area (Å²) in [6, 6.07) is 21.4. The molecule has 1 unspecified atom stereocenters. The normalized spacial score (nSPS) is 15.1. The molecule has 1 aliphatic heterocycles. The number of benzene rings is 3. The van der Waals surface area contributed by atoms with E-state index in [1.165, 1.54) is 15.9 Å². The maximum absolute atomic E-state index is 13.7. The highest BCUT2D eigenvalue weighted by Crippen LogP contribution is 2.34. The quantitative estimate of drug-likeness (QED) is 0.264. The summed E-state index contributed by atoms with van der Waals surface area (Å²) < 4.78 is 13.2. The summed E-state index contributed by atoms with van der Waals surface area (Å²) >= 11 is 14.0. The molecular weight excluding hydrogens is 555 g/mol. The fourth-order valence-corrected chi connectivity index (χ4v) is 5.85. The molecule has 9 heteroatoms. The molecular formula is C30H24Cl2N2O4S. The van der Waals surface area contributed by atoms with Crippen LogP contribution in [0, 0.1) is 0 Å². The van der Waals surface area contributed by atoms with Crippen molar-refractivity contribution in [1.29, 1.82) is 0 Å². The number of hydrogen-bond acceptors (Lipinski definition) is 6. The van der Waals surface area contributed by atoms with Gasteiger partial charge in [-0.1, -0.05) is 83.1 Å². The highest BCUT2D eigenvalue weighted by Gasteiger charge is 2.34. The van der Waals surface area contributed by atoms with E-state index in [4.69, 9.17) is 32.7 Å². The van der Waals surface area contributed by atoms with Crippen molar-refractivity contribution in [3.05, 3.63) is 130 Å². The van der Waals surface area contributed by atoms with E-state index in [9.17, 15) is 9.59 Å². The fraction of sp³-hybridized carbons (Fsp3) is 0.167. The molecule has 3 aromatic carbocycles. The first-order chi connectivity index (χ1) is 18.9. The van der Waals surface area contributed by atoms with Gasteiger partial charge >= 0.3 is 5.97 Å². The van der Waals surface area contributed by atoms with Crippen LogP contribution in [-0.4, -0.2) is 17.1 Å². The first-order valence-electron chi connectivity index (χ1n) is 12.3. The van der Waals surface area contributed by atoms with Crippen molar-refractivity contribution < 1.29 is 14.3 Å². The van der Waals surface area contributed by atoms with Crippen molar-refractivity contribution in [2.24, 2.45) is 4.99 Å². The number of allylic oxidation sites excluding steroid dienone is 1. The Labute approximate surface area is 239 Å². The molecule has 0 saturated carbocycles. The summed E-state index contributed by atoms with van der Waals surface area (Å²) in [6.07, 6.45) is 1.80. The standard InChI is InChI=1S/C30H24Cl2N2O4S/c1-3-37-29(36)26-18(2)33-30-34(27(26)22-9-5-7-11-24(22)32)28(35)25(39-30)16-19-12-14-21(15-13-19)38-17-20-8-4-6-10-23(20)31/h4-16,27H,3,17H2,1-2H3/b25-16-. The predicted octanol–water partition coefficient (Wildman–Crippen LogP) is 5.68. The lowest BCUT2D eigenvalue weighted by molar-refractivity contribution is -0.139. The Morgan fingerprint density at radius 3 is 2.41 bits per heavy atom. The van der Waals surface area contributed by atoms with Gasteiger partial charge in [0.05, 0.1) is 22.4 Å². The van der Waals surface area contributed by atoms with E-state index < -0.39 is 12.0 Å². The van der Waals surface area contributed by atoms with Crippen molar-refractivity contribution in [3.63, 3.8) is 0 Å². The number of esters is 1. The summed E-state index contributed by atoms with van der Waals surface area (Å²) in [5.41, 5.74) is 2.87. The average Bonchev–Trinajstić information content (AvgIpc) is 3.23. The molecule has 6 nitrogen and oxygen atoms in total. The van der Waals surface area contributed by atoms with Gasteiger partial charge in [0.2, 0.25) is 0 Å². The lowest BCUT2D eigenvalue weighted by Crippen LogP contribution is -2.40. The maximum atomic E-state index is 13.7. The SMILES string of the molecule is CCOC(=O)C1=C(C)N=c2s/c(=C\c3ccc(OCc4ccccc4Cl)cc3)c(=O)n2C1c1ccccc1Cl. The average molecular weight is 580 g/mol. The summed E-state index contributed by atoms with van der Waals surface area (Å²) in [4.78, 5) is 31.8. The zero-order chi connectivity index (χ0) is 27.5. The Hall–Kier alpha value is -3.65. The molecule has 0 spiro atoms. The first kappa shape index (κ1) is 26.9. The van der Waals surface area contributed by atoms with Crippen LogP contribution in [0.2, 0.25) is 10.0 Å². The lowest BCUT2D eigenvalue weighted by atomic mass is 9.96. The lowest BCUT2D eigenvalue weighted by Gasteiger charge is -2.25. The highest BCUT2D eigenvalue weighted by molar-refractivity contribution is 7.07. The zero-order valence-corrected chi connectivity index (χ0v) is 23.5. The molecule has 1 aromatic heterocycles. The van der Waals surface area contributed by atoms with E-state index in [1.54, 1.807) is 32.1 Å². The number of hydrogen-bond donors (Lipinski definition) is 0. The Morgan fingerprint density at radius 2 is 1.72 bits per heavy atom. The number of carbonyl (C=O) groups is 1. The fourth-order valence-electron chi connectivity index (χ4n) is 4.37. The van der Waals surface area contributed by atoms with E-state index in [0.29, 0.717) is 48.6 Å². The van der Waals surface area contributed by atoms with Gasteiger partial charge < -0.3 is 9.47 Å². The molecule has 198 valence electrons. The van der Waals surface area contributed by atoms with Crippen LogP contribution in [0.3, 0.4) is 0 Å². The summed E-state index contributed by atoms with van der Waals surface area (Å²) in [7, 11) is 0. The van der Waals surface area contributed by atoms with Crippen molar-refractivity contribution >= 4 is 46.6 Å². The van der Waals surface area contributed by atoms with Gasteiger partial charge in [-0.05, 0) is 55.3 Å². The molecule has 39 heavy (non-hydrogen) atoms. The largest absolute Gasteiger partial charge is 0.489 e. The van der Waals surface area contributed by atoms with Gasteiger partial charge in [0.25, 0.3) is 5.56 Å². The number of carbonyl (C=O) groups excluding carboxylic acids is 1. The Kier molecular flexibility index (Phi) is 8.02. The van der Waals surface area contributed by atoms with Gasteiger partial charge in [0, 0.05) is 15.6 Å². The van der Waals surface area contributed by atoms with Crippen LogP contribution in [0.5, 0.6) is 5.75 Å². The zero-order valence-electron chi connectivity index (χ0n) is 21.2. The molecule has 0 fully saturated rings. The molecule has 0 saturated heterocycles. The van der Waals surface area contributed by atoms with Crippen molar-refractivity contribution in [2.45, 2.75) is 26.5 Å².